The topological polar surface area (TPSA) is 64.0 Å². The van der Waals surface area contributed by atoms with Crippen LogP contribution in [0.1, 0.15) is 88.5 Å². The van der Waals surface area contributed by atoms with Crippen molar-refractivity contribution in [1.29, 1.82) is 0 Å². The van der Waals surface area contributed by atoms with Gasteiger partial charge in [-0.2, -0.15) is 0 Å². The maximum atomic E-state index is 12.9. The number of Topliss-reactive ketones (excluding diaryl/α,β-unsaturated/α-hetero) is 1. The van der Waals surface area contributed by atoms with E-state index >= 15 is 0 Å². The van der Waals surface area contributed by atoms with Crippen LogP contribution in [0.2, 0.25) is 0 Å². The third-order valence-corrected chi connectivity index (χ3v) is 10.7. The average Bonchev–Trinajstić information content (AvgIpc) is 3.13. The zero-order chi connectivity index (χ0) is 33.5. The number of hydrogen-bond donors (Lipinski definition) is 2. The average molecular weight is 677 g/mol. The second-order valence-electron chi connectivity index (χ2n) is 14.2. The Balaban J connectivity index is 0.000000196. The van der Waals surface area contributed by atoms with Crippen molar-refractivity contribution in [3.63, 3.8) is 0 Å². The van der Waals surface area contributed by atoms with E-state index in [4.69, 9.17) is 5.11 Å². The molecule has 6 saturated heterocycles. The molecular formula is C45H60N2O3. The van der Waals surface area contributed by atoms with Crippen LogP contribution in [0.25, 0.3) is 0 Å². The van der Waals surface area contributed by atoms with Crippen LogP contribution in [0.4, 0.5) is 0 Å². The lowest BCUT2D eigenvalue weighted by Gasteiger charge is -2.51. The van der Waals surface area contributed by atoms with Gasteiger partial charge in [0.25, 0.3) is 0 Å². The first kappa shape index (κ1) is 39.2. The van der Waals surface area contributed by atoms with Crippen LogP contribution in [0, 0.1) is 11.8 Å². The Morgan fingerprint density at radius 3 is 1.24 bits per heavy atom. The molecule has 6 heterocycles. The fourth-order valence-corrected chi connectivity index (χ4v) is 8.51. The van der Waals surface area contributed by atoms with Gasteiger partial charge in [0.2, 0.25) is 0 Å². The zero-order valence-corrected chi connectivity index (χ0v) is 28.5. The molecule has 0 spiro atoms. The second kappa shape index (κ2) is 18.6. The molecule has 0 radical (unpaired) electrons. The van der Waals surface area contributed by atoms with Crippen molar-refractivity contribution < 1.29 is 15.0 Å². The molecule has 0 saturated carbocycles. The summed E-state index contributed by atoms with van der Waals surface area (Å²) < 4.78 is 0. The molecule has 5 nitrogen and oxygen atoms in total. The van der Waals surface area contributed by atoms with Gasteiger partial charge in [-0.1, -0.05) is 136 Å². The van der Waals surface area contributed by atoms with Gasteiger partial charge in [0.05, 0.1) is 12.1 Å². The van der Waals surface area contributed by atoms with Gasteiger partial charge in [-0.15, -0.1) is 0 Å². The van der Waals surface area contributed by atoms with Gasteiger partial charge in [-0.05, 0) is 93.9 Å². The van der Waals surface area contributed by atoms with Crippen molar-refractivity contribution in [3.8, 4) is 0 Å². The molecule has 4 aromatic carbocycles. The molecule has 268 valence electrons. The van der Waals surface area contributed by atoms with Crippen LogP contribution >= 0.6 is 0 Å². The monoisotopic (exact) mass is 676 g/mol. The first-order chi connectivity index (χ1) is 23.4. The molecule has 4 bridgehead atoms. The zero-order valence-electron chi connectivity index (χ0n) is 28.5. The van der Waals surface area contributed by atoms with Crippen LogP contribution < -0.4 is 0 Å². The number of rotatable bonds is 6. The predicted molar refractivity (Wildman–Crippen MR) is 207 cm³/mol. The van der Waals surface area contributed by atoms with Gasteiger partial charge in [0.1, 0.15) is 0 Å². The Labute approximate surface area is 302 Å². The lowest BCUT2D eigenvalue weighted by Crippen LogP contribution is -2.60. The highest BCUT2D eigenvalue weighted by molar-refractivity contribution is 5.89. The second-order valence-corrected chi connectivity index (χ2v) is 14.2. The van der Waals surface area contributed by atoms with Gasteiger partial charge >= 0.3 is 0 Å². The molecule has 10 rings (SSSR count). The van der Waals surface area contributed by atoms with Crippen molar-refractivity contribution in [2.75, 3.05) is 26.2 Å². The van der Waals surface area contributed by atoms with E-state index in [0.29, 0.717) is 11.7 Å². The van der Waals surface area contributed by atoms with Gasteiger partial charge in [-0.25, -0.2) is 0 Å². The largest absolute Gasteiger partial charge is 0.394 e. The molecule has 0 aliphatic carbocycles. The first-order valence-electron chi connectivity index (χ1n) is 18.0. The molecule has 0 amide bonds. The highest BCUT2D eigenvalue weighted by Crippen LogP contribution is 2.42. The highest BCUT2D eigenvalue weighted by Gasteiger charge is 2.46. The molecule has 3 atom stereocenters. The van der Waals surface area contributed by atoms with E-state index in [-0.39, 0.29) is 56.9 Å². The van der Waals surface area contributed by atoms with Gasteiger partial charge in [0, 0.05) is 29.9 Å². The SMILES string of the molecule is C.C.CC(C)O.O=C1C2CCN(CC2)C1C(c1ccccc1)c1ccccc1.O[C@H]1C2CCN(CC2)[C@H]1C(c1ccccc1)c1ccccc1. The van der Waals surface area contributed by atoms with E-state index < -0.39 is 0 Å². The number of aliphatic hydroxyl groups is 2. The Morgan fingerprint density at radius 2 is 0.900 bits per heavy atom. The Bertz CT molecular complexity index is 1450. The van der Waals surface area contributed by atoms with Gasteiger partial charge in [-0.3, -0.25) is 14.6 Å². The summed E-state index contributed by atoms with van der Waals surface area (Å²) in [4.78, 5) is 17.9. The Hall–Kier alpha value is -3.61. The lowest BCUT2D eigenvalue weighted by atomic mass is 9.72. The van der Waals surface area contributed by atoms with Gasteiger partial charge < -0.3 is 10.2 Å². The van der Waals surface area contributed by atoms with Crippen LogP contribution in [0.15, 0.2) is 121 Å². The number of ketones is 1. The Kier molecular flexibility index (Phi) is 14.6. The molecule has 50 heavy (non-hydrogen) atoms. The summed E-state index contributed by atoms with van der Waals surface area (Å²) in [6.45, 7) is 7.83. The minimum absolute atomic E-state index is 0. The van der Waals surface area contributed by atoms with Crippen LogP contribution in [-0.4, -0.2) is 76.3 Å². The van der Waals surface area contributed by atoms with Crippen molar-refractivity contribution in [2.45, 2.75) is 90.5 Å². The van der Waals surface area contributed by atoms with Crippen LogP contribution in [-0.2, 0) is 4.79 Å². The Morgan fingerprint density at radius 1 is 0.560 bits per heavy atom. The molecule has 1 unspecified atom stereocenters. The van der Waals surface area contributed by atoms with Crippen LogP contribution in [0.5, 0.6) is 0 Å². The van der Waals surface area contributed by atoms with Crippen molar-refractivity contribution in [2.24, 2.45) is 11.8 Å². The quantitative estimate of drug-likeness (QED) is 0.215. The highest BCUT2D eigenvalue weighted by atomic mass is 16.3. The molecular weight excluding hydrogens is 617 g/mol. The number of nitrogens with zero attached hydrogens (tertiary/aromatic N) is 2. The number of carbonyl (C=O) groups is 1. The summed E-state index contributed by atoms with van der Waals surface area (Å²) in [7, 11) is 0. The smallest absolute Gasteiger partial charge is 0.154 e. The van der Waals surface area contributed by atoms with Crippen molar-refractivity contribution in [1.82, 2.24) is 9.80 Å². The summed E-state index contributed by atoms with van der Waals surface area (Å²) in [5.41, 5.74) is 5.12. The summed E-state index contributed by atoms with van der Waals surface area (Å²) in [6, 6.07) is 42.6. The minimum atomic E-state index is -0.215. The van der Waals surface area contributed by atoms with E-state index in [9.17, 15) is 9.90 Å². The normalized spacial score (nSPS) is 26.2. The molecule has 0 aromatic heterocycles. The lowest BCUT2D eigenvalue weighted by molar-refractivity contribution is -0.137. The number of aliphatic hydroxyl groups excluding tert-OH is 2. The molecule has 2 N–H and O–H groups in total. The van der Waals surface area contributed by atoms with Crippen molar-refractivity contribution >= 4 is 5.78 Å². The molecule has 6 fully saturated rings. The fraction of sp³-hybridized carbons (Fsp3) is 0.444. The predicted octanol–water partition coefficient (Wildman–Crippen LogP) is 8.41. The van der Waals surface area contributed by atoms with E-state index in [2.05, 4.69) is 119 Å². The maximum absolute atomic E-state index is 12.9. The van der Waals surface area contributed by atoms with Crippen molar-refractivity contribution in [3.05, 3.63) is 144 Å². The fourth-order valence-electron chi connectivity index (χ4n) is 8.51. The number of fused-ring (bicyclic) bond motifs is 6. The summed E-state index contributed by atoms with van der Waals surface area (Å²) in [5.74, 6) is 1.61. The van der Waals surface area contributed by atoms with E-state index in [1.807, 2.05) is 12.1 Å². The standard InChI is InChI=1S/C20H23NO.C20H21NO.C3H8O.2CH4/c2*22-20-17-11-13-21(14-12-17)19(20)18(15-7-3-1-4-8-15)16-9-5-2-6-10-16;1-3(2)4;;/h1-10,17-20,22H,11-14H2;1-10,17-19H,11-14H2;3-4H,1-2H3;2*1H4/t19-,20-;;;;/m0..../s1. The molecule has 6 aliphatic rings. The van der Waals surface area contributed by atoms with E-state index in [0.717, 1.165) is 51.9 Å². The van der Waals surface area contributed by atoms with E-state index in [1.54, 1.807) is 13.8 Å². The summed E-state index contributed by atoms with van der Waals surface area (Å²) >= 11 is 0. The summed E-state index contributed by atoms with van der Waals surface area (Å²) in [6.07, 6.45) is 4.01. The van der Waals surface area contributed by atoms with Crippen LogP contribution in [0.3, 0.4) is 0 Å². The third-order valence-electron chi connectivity index (χ3n) is 10.7. The molecule has 6 aliphatic heterocycles. The minimum Gasteiger partial charge on any atom is -0.394 e. The number of carbonyl (C=O) groups excluding carboxylic acids is 1. The third kappa shape index (κ3) is 8.99. The summed E-state index contributed by atoms with van der Waals surface area (Å²) in [5, 5.41) is 19.0. The number of benzene rings is 4. The number of hydrogen-bond acceptors (Lipinski definition) is 5. The maximum Gasteiger partial charge on any atom is 0.154 e. The van der Waals surface area contributed by atoms with E-state index in [1.165, 1.54) is 22.3 Å². The first-order valence-corrected chi connectivity index (χ1v) is 18.0. The molecule has 5 heteroatoms. The van der Waals surface area contributed by atoms with Gasteiger partial charge in [0.15, 0.2) is 5.78 Å². The molecule has 4 aromatic rings. The number of piperidine rings is 6.